The Morgan fingerprint density at radius 1 is 0.378 bits per heavy atom. The van der Waals surface area contributed by atoms with Crippen LogP contribution >= 0.6 is 11.6 Å². The fraction of sp³-hybridized carbons (Fsp3) is 0.495. The predicted octanol–water partition coefficient (Wildman–Crippen LogP) is 14.1. The van der Waals surface area contributed by atoms with Crippen LogP contribution in [0.4, 0.5) is 33.0 Å². The van der Waals surface area contributed by atoms with Crippen LogP contribution in [0.25, 0.3) is 44.1 Å². The van der Waals surface area contributed by atoms with Crippen molar-refractivity contribution < 1.29 is 47.4 Å². The highest BCUT2D eigenvalue weighted by Gasteiger charge is 2.31. The van der Waals surface area contributed by atoms with Crippen LogP contribution in [0.3, 0.4) is 0 Å². The smallest absolute Gasteiger partial charge is 0.183 e. The van der Waals surface area contributed by atoms with Crippen LogP contribution in [0, 0.1) is 29.5 Å². The molecule has 0 atom stereocenters. The Hall–Kier alpha value is -11.2. The van der Waals surface area contributed by atoms with Gasteiger partial charge in [-0.1, -0.05) is 11.6 Å². The lowest BCUT2D eigenvalue weighted by Crippen LogP contribution is -2.36. The Kier molecular flexibility index (Phi) is 30.4. The number of anilines is 5. The van der Waals surface area contributed by atoms with E-state index in [1.807, 2.05) is 24.7 Å². The van der Waals surface area contributed by atoms with Gasteiger partial charge in [-0.15, -0.1) is 0 Å². The highest BCUT2D eigenvalue weighted by Crippen LogP contribution is 2.41. The molecule has 0 spiro atoms. The molecule has 12 aromatic rings. The van der Waals surface area contributed by atoms with Crippen LogP contribution in [0.5, 0.6) is 23.0 Å². The summed E-state index contributed by atoms with van der Waals surface area (Å²) < 4.78 is 61.7. The van der Waals surface area contributed by atoms with Crippen molar-refractivity contribution in [3.05, 3.63) is 187 Å². The maximum atomic E-state index is 13.6. The van der Waals surface area contributed by atoms with E-state index < -0.39 is 5.82 Å². The third-order valence-electron chi connectivity index (χ3n) is 25.4. The number of fused-ring (bicyclic) bond motifs is 4. The molecule has 32 heteroatoms. The first-order valence-electron chi connectivity index (χ1n) is 45.3. The van der Waals surface area contributed by atoms with Gasteiger partial charge in [-0.2, -0.15) is 0 Å². The van der Waals surface area contributed by atoms with Gasteiger partial charge >= 0.3 is 0 Å². The molecule has 0 unspecified atom stereocenters. The second kappa shape index (κ2) is 44.0. The molecule has 2 N–H and O–H groups in total. The number of nitrogens with zero attached hydrogens (tertiary/aromatic N) is 20. The summed E-state index contributed by atoms with van der Waals surface area (Å²) in [7, 11) is 1.67. The van der Waals surface area contributed by atoms with Crippen molar-refractivity contribution in [1.82, 2.24) is 79.7 Å². The number of hydrogen-bond donors (Lipinski definition) is 2. The molecule has 4 saturated carbocycles. The predicted molar refractivity (Wildman–Crippen MR) is 484 cm³/mol. The molecule has 0 bridgehead atoms. The Balaban J connectivity index is 0.000000119. The summed E-state index contributed by atoms with van der Waals surface area (Å²) in [5.74, 6) is 7.86. The van der Waals surface area contributed by atoms with Crippen molar-refractivity contribution in [2.75, 3.05) is 144 Å². The van der Waals surface area contributed by atoms with Crippen LogP contribution in [0.15, 0.2) is 148 Å². The van der Waals surface area contributed by atoms with E-state index >= 15 is 0 Å². The zero-order chi connectivity index (χ0) is 86.3. The van der Waals surface area contributed by atoms with Crippen LogP contribution in [-0.4, -0.2) is 228 Å². The molecule has 8 aromatic heterocycles. The number of aliphatic hydroxyl groups excluding tert-OH is 1. The van der Waals surface area contributed by atoms with Gasteiger partial charge in [0.1, 0.15) is 68.9 Å². The Morgan fingerprint density at radius 3 is 1.02 bits per heavy atom. The molecular weight excluding hydrogens is 1630 g/mol. The minimum atomic E-state index is -0.423. The maximum Gasteiger partial charge on any atom is 0.183 e. The second-order valence-electron chi connectivity index (χ2n) is 34.0. The lowest BCUT2D eigenvalue weighted by Gasteiger charge is -2.31. The molecule has 4 saturated heterocycles. The number of nitrogens with one attached hydrogen (secondary N) is 1. The Labute approximate surface area is 744 Å². The normalized spacial score (nSPS) is 21.6. The zero-order valence-corrected chi connectivity index (χ0v) is 73.0. The average Bonchev–Trinajstić information content (AvgIpc) is 0.804. The van der Waals surface area contributed by atoms with Gasteiger partial charge in [-0.3, -0.25) is 19.9 Å². The van der Waals surface area contributed by atoms with Crippen molar-refractivity contribution in [2.45, 2.75) is 159 Å². The van der Waals surface area contributed by atoms with Gasteiger partial charge in [0.25, 0.3) is 0 Å². The summed E-state index contributed by atoms with van der Waals surface area (Å²) in [5.41, 5.74) is 13.4. The number of morpholine rings is 4. The average molecular weight is 1750 g/mol. The van der Waals surface area contributed by atoms with Crippen molar-refractivity contribution in [1.29, 1.82) is 0 Å². The van der Waals surface area contributed by atoms with Crippen molar-refractivity contribution in [2.24, 2.45) is 23.7 Å². The monoisotopic (exact) mass is 1750 g/mol. The quantitative estimate of drug-likeness (QED) is 0.0601. The fourth-order valence-electron chi connectivity index (χ4n) is 18.4. The lowest BCUT2D eigenvalue weighted by molar-refractivity contribution is 0.122. The molecule has 8 fully saturated rings. The molecule has 0 amide bonds. The standard InChI is InChI=1S/C25H31N5O3.C24H29FN6O2.C23H26ClN5O2.C23H27N5O2/c31-10-5-19-16-28-24(29-17-19)13-18-1-3-21(4-2-18)33-23-15-20(30-8-11-32-12-9-30)14-22-25(23)27-7-6-26-22;1-26-24-19(25)15-29-22(30-24)12-16-2-4-18(5-3-16)33-21-14-17(31-8-10-32-11-9-31)13-20-23(21)28-7-6-27-20;24-17-14-27-22(28-15-17)11-16-1-3-19(4-2-16)31-21-13-18(29-7-9-30-10-8-29)12-20-23(21)26-6-5-25-20;1-3-20(4-2-17(1)13-18-5-6-24-16-27-18)30-22-15-19(28-9-11-29-12-10-28)14-21-23(22)26-8-7-25-21/h6-7,14-18,21,31H,1-5,8-13H2;6-7,13-16,18H,2-5,8-12H2,1H3,(H,26,29,30);5-6,12-16,19H,1-4,7-11H2;5-8,14-17,20H,1-4,9-13H2. The fourth-order valence-corrected chi connectivity index (χ4v) is 18.5. The molecule has 8 aliphatic rings. The van der Waals surface area contributed by atoms with E-state index in [0.29, 0.717) is 40.9 Å². The number of ether oxygens (including phenoxy) is 8. The number of hydrogen-bond acceptors (Lipinski definition) is 30. The topological polar surface area (TPSA) is 325 Å². The molecule has 4 aromatic carbocycles. The molecule has 4 aliphatic carbocycles. The maximum absolute atomic E-state index is 13.6. The molecule has 127 heavy (non-hydrogen) atoms. The van der Waals surface area contributed by atoms with Gasteiger partial charge < -0.3 is 67.9 Å². The van der Waals surface area contributed by atoms with E-state index in [1.165, 1.54) is 6.20 Å². The van der Waals surface area contributed by atoms with Gasteiger partial charge in [-0.05, 0) is 175 Å². The number of rotatable bonds is 23. The minimum absolute atomic E-state index is 0.128. The third-order valence-corrected chi connectivity index (χ3v) is 25.6. The number of benzene rings is 4. The Morgan fingerprint density at radius 2 is 0.693 bits per heavy atom. The van der Waals surface area contributed by atoms with E-state index in [1.54, 1.807) is 75.3 Å². The summed E-state index contributed by atoms with van der Waals surface area (Å²) in [6.45, 7) is 13.1. The Bertz CT molecular complexity index is 5480. The van der Waals surface area contributed by atoms with E-state index in [9.17, 15) is 4.39 Å². The lowest BCUT2D eigenvalue weighted by atomic mass is 9.84. The van der Waals surface area contributed by atoms with E-state index in [4.69, 9.17) is 54.6 Å². The molecule has 30 nitrogen and oxygen atoms in total. The zero-order valence-electron chi connectivity index (χ0n) is 72.3. The molecule has 666 valence electrons. The molecule has 20 rings (SSSR count). The van der Waals surface area contributed by atoms with E-state index in [0.717, 1.165) is 346 Å². The van der Waals surface area contributed by atoms with Crippen LogP contribution < -0.4 is 43.9 Å². The molecule has 12 heterocycles. The third kappa shape index (κ3) is 24.0. The highest BCUT2D eigenvalue weighted by molar-refractivity contribution is 6.30. The first-order valence-corrected chi connectivity index (χ1v) is 45.7. The summed E-state index contributed by atoms with van der Waals surface area (Å²) in [5, 5.41) is 12.4. The number of aliphatic hydroxyl groups is 1. The SMILES string of the molecule is CNc1nc(CC2CCC(Oc3cc(N4CCOCC4)cc4nccnc34)CC2)ncc1F.Clc1cnc(CC2CCC(Oc3cc(N4CCOCC4)cc4nccnc34)CC2)nc1.OCCc1cnc(CC2CCC(Oc3cc(N4CCOCC4)cc4nccnc34)CC2)nc1.c1cc(CC2CCC(Oc3cc(N4CCOCC4)cc4nccnc34)CC2)ncn1. The molecule has 4 aliphatic heterocycles. The van der Waals surface area contributed by atoms with Gasteiger partial charge in [0.15, 0.2) is 11.6 Å². The van der Waals surface area contributed by atoms with Gasteiger partial charge in [-0.25, -0.2) is 64.2 Å². The second-order valence-corrected chi connectivity index (χ2v) is 34.4. The summed E-state index contributed by atoms with van der Waals surface area (Å²) in [6.07, 6.45) is 47.3. The van der Waals surface area contributed by atoms with E-state index in [-0.39, 0.29) is 36.8 Å². The molecule has 0 radical (unpaired) electrons. The first-order chi connectivity index (χ1) is 62.6. The van der Waals surface area contributed by atoms with Gasteiger partial charge in [0.2, 0.25) is 0 Å². The number of aromatic nitrogens is 16. The largest absolute Gasteiger partial charge is 0.488 e. The van der Waals surface area contributed by atoms with Gasteiger partial charge in [0, 0.05) is 219 Å². The summed E-state index contributed by atoms with van der Waals surface area (Å²) in [4.78, 5) is 80.2. The minimum Gasteiger partial charge on any atom is -0.488 e. The van der Waals surface area contributed by atoms with Crippen LogP contribution in [0.2, 0.25) is 5.02 Å². The molecular formula is C95H113ClFN21O9. The van der Waals surface area contributed by atoms with Crippen LogP contribution in [0.1, 0.15) is 131 Å². The van der Waals surface area contributed by atoms with Crippen molar-refractivity contribution in [3.8, 4) is 23.0 Å². The highest BCUT2D eigenvalue weighted by atomic mass is 35.5. The van der Waals surface area contributed by atoms with Gasteiger partial charge in [0.05, 0.1) is 111 Å². The summed E-state index contributed by atoms with van der Waals surface area (Å²) in [6, 6.07) is 18.9. The summed E-state index contributed by atoms with van der Waals surface area (Å²) >= 11 is 5.89. The van der Waals surface area contributed by atoms with Crippen molar-refractivity contribution in [3.63, 3.8) is 0 Å². The first kappa shape index (κ1) is 87.8. The van der Waals surface area contributed by atoms with Crippen molar-refractivity contribution >= 4 is 84.3 Å². The number of halogens is 2. The van der Waals surface area contributed by atoms with Crippen LogP contribution in [-0.2, 0) is 51.1 Å². The van der Waals surface area contributed by atoms with E-state index in [2.05, 4.69) is 153 Å².